The van der Waals surface area contributed by atoms with Gasteiger partial charge in [-0.3, -0.25) is 4.79 Å². The molecule has 0 fully saturated rings. The molecule has 0 aliphatic heterocycles. The average molecular weight is 212 g/mol. The Hall–Kier alpha value is -1.92. The molecule has 0 radical (unpaired) electrons. The van der Waals surface area contributed by atoms with Crippen LogP contribution in [0, 0.1) is 6.92 Å². The van der Waals surface area contributed by atoms with Crippen LogP contribution in [-0.2, 0) is 4.79 Å². The topological polar surface area (TPSA) is 111 Å². The number of hydrogen-bond donors (Lipinski definition) is 2. The van der Waals surface area contributed by atoms with E-state index in [0.717, 1.165) is 0 Å². The third-order valence-electron chi connectivity index (χ3n) is 1.41. The van der Waals surface area contributed by atoms with Crippen LogP contribution in [0.4, 0.5) is 11.9 Å². The van der Waals surface area contributed by atoms with Crippen molar-refractivity contribution in [3.8, 4) is 0 Å². The quantitative estimate of drug-likeness (QED) is 0.596. The highest BCUT2D eigenvalue weighted by Crippen LogP contribution is 1.94. The Morgan fingerprint density at radius 1 is 1.13 bits per heavy atom. The van der Waals surface area contributed by atoms with Crippen LogP contribution in [-0.4, -0.2) is 39.9 Å². The van der Waals surface area contributed by atoms with Gasteiger partial charge in [0.25, 0.3) is 0 Å². The number of nitrogen functional groups attached to an aromatic ring is 2. The summed E-state index contributed by atoms with van der Waals surface area (Å²) in [5.74, 6) is 0.968. The molecular formula is C8H16N6O. The van der Waals surface area contributed by atoms with E-state index >= 15 is 0 Å². The van der Waals surface area contributed by atoms with Crippen LogP contribution in [0.1, 0.15) is 12.7 Å². The smallest absolute Gasteiger partial charge is 0.225 e. The van der Waals surface area contributed by atoms with Crippen molar-refractivity contribution >= 4 is 17.8 Å². The molecule has 1 aromatic rings. The molecule has 0 saturated heterocycles. The molecular weight excluding hydrogens is 196 g/mol. The van der Waals surface area contributed by atoms with Gasteiger partial charge in [-0.25, -0.2) is 0 Å². The summed E-state index contributed by atoms with van der Waals surface area (Å²) in [7, 11) is 3.45. The van der Waals surface area contributed by atoms with Crippen molar-refractivity contribution in [1.29, 1.82) is 0 Å². The summed E-state index contributed by atoms with van der Waals surface area (Å²) in [6.45, 7) is 3.23. The van der Waals surface area contributed by atoms with Crippen LogP contribution in [0.2, 0.25) is 0 Å². The summed E-state index contributed by atoms with van der Waals surface area (Å²) in [4.78, 5) is 22.6. The summed E-state index contributed by atoms with van der Waals surface area (Å²) in [5.41, 5.74) is 10.4. The van der Waals surface area contributed by atoms with E-state index in [1.54, 1.807) is 21.0 Å². The molecule has 0 saturated carbocycles. The van der Waals surface area contributed by atoms with Gasteiger partial charge in [-0.1, -0.05) is 0 Å². The molecule has 1 amide bonds. The lowest BCUT2D eigenvalue weighted by atomic mass is 10.7. The number of carbonyl (C=O) groups is 1. The van der Waals surface area contributed by atoms with E-state index in [1.165, 1.54) is 11.8 Å². The van der Waals surface area contributed by atoms with Crippen molar-refractivity contribution < 1.29 is 4.79 Å². The molecule has 0 unspecified atom stereocenters. The molecule has 0 atom stereocenters. The number of nitrogens with zero attached hydrogens (tertiary/aromatic N) is 4. The molecule has 15 heavy (non-hydrogen) atoms. The molecule has 7 heteroatoms. The first kappa shape index (κ1) is 13.1. The van der Waals surface area contributed by atoms with E-state index < -0.39 is 0 Å². The Balaban J connectivity index is 0.000000288. The minimum Gasteiger partial charge on any atom is -0.368 e. The second kappa shape index (κ2) is 5.74. The van der Waals surface area contributed by atoms with Crippen LogP contribution in [0.25, 0.3) is 0 Å². The predicted octanol–water partition coefficient (Wildman–Crippen LogP) is -0.561. The second-order valence-electron chi connectivity index (χ2n) is 3.01. The van der Waals surface area contributed by atoms with Gasteiger partial charge in [0.1, 0.15) is 5.82 Å². The van der Waals surface area contributed by atoms with Crippen molar-refractivity contribution in [1.82, 2.24) is 19.9 Å². The van der Waals surface area contributed by atoms with Crippen molar-refractivity contribution in [2.45, 2.75) is 13.8 Å². The number of amides is 1. The minimum atomic E-state index is 0.0926. The van der Waals surface area contributed by atoms with Gasteiger partial charge in [-0.15, -0.1) is 0 Å². The van der Waals surface area contributed by atoms with E-state index in [2.05, 4.69) is 15.0 Å². The lowest BCUT2D eigenvalue weighted by Gasteiger charge is -2.02. The summed E-state index contributed by atoms with van der Waals surface area (Å²) >= 11 is 0. The second-order valence-corrected chi connectivity index (χ2v) is 3.01. The van der Waals surface area contributed by atoms with Crippen LogP contribution < -0.4 is 11.5 Å². The maximum Gasteiger partial charge on any atom is 0.225 e. The van der Waals surface area contributed by atoms with E-state index in [-0.39, 0.29) is 17.8 Å². The Labute approximate surface area is 88.5 Å². The largest absolute Gasteiger partial charge is 0.368 e. The van der Waals surface area contributed by atoms with Crippen molar-refractivity contribution in [3.63, 3.8) is 0 Å². The monoisotopic (exact) mass is 212 g/mol. The van der Waals surface area contributed by atoms with Crippen LogP contribution in [0.5, 0.6) is 0 Å². The summed E-state index contributed by atoms with van der Waals surface area (Å²) in [6.07, 6.45) is 0. The van der Waals surface area contributed by atoms with Gasteiger partial charge in [0, 0.05) is 21.0 Å². The summed E-state index contributed by atoms with van der Waals surface area (Å²) < 4.78 is 0. The van der Waals surface area contributed by atoms with Gasteiger partial charge in [0.2, 0.25) is 17.8 Å². The first-order valence-corrected chi connectivity index (χ1v) is 4.24. The number of carbonyl (C=O) groups excluding carboxylic acids is 1. The number of aryl methyl sites for hydroxylation is 1. The molecule has 1 rings (SSSR count). The highest BCUT2D eigenvalue weighted by atomic mass is 16.2. The van der Waals surface area contributed by atoms with Crippen molar-refractivity contribution in [2.24, 2.45) is 0 Å². The van der Waals surface area contributed by atoms with Crippen LogP contribution >= 0.6 is 0 Å². The normalized spacial score (nSPS) is 8.80. The van der Waals surface area contributed by atoms with E-state index in [1.807, 2.05) is 0 Å². The third kappa shape index (κ3) is 6.19. The summed E-state index contributed by atoms with van der Waals surface area (Å²) in [5, 5.41) is 0. The molecule has 0 spiro atoms. The van der Waals surface area contributed by atoms with Gasteiger partial charge in [0.05, 0.1) is 0 Å². The Kier molecular flexibility index (Phi) is 5.00. The fourth-order valence-electron chi connectivity index (χ4n) is 0.524. The number of aromatic nitrogens is 3. The maximum absolute atomic E-state index is 10.1. The fourth-order valence-corrected chi connectivity index (χ4v) is 0.524. The number of anilines is 2. The van der Waals surface area contributed by atoms with Gasteiger partial charge >= 0.3 is 0 Å². The van der Waals surface area contributed by atoms with Crippen LogP contribution in [0.15, 0.2) is 0 Å². The Morgan fingerprint density at radius 2 is 1.47 bits per heavy atom. The van der Waals surface area contributed by atoms with Crippen molar-refractivity contribution in [2.75, 3.05) is 25.6 Å². The first-order chi connectivity index (χ1) is 6.82. The molecule has 84 valence electrons. The molecule has 0 aromatic carbocycles. The molecule has 7 nitrogen and oxygen atoms in total. The summed E-state index contributed by atoms with van der Waals surface area (Å²) in [6, 6.07) is 0. The van der Waals surface area contributed by atoms with Gasteiger partial charge in [-0.2, -0.15) is 15.0 Å². The number of nitrogens with two attached hydrogens (primary N) is 2. The zero-order valence-corrected chi connectivity index (χ0v) is 9.35. The third-order valence-corrected chi connectivity index (χ3v) is 1.41. The SMILES string of the molecule is CC(=O)N(C)C.Cc1nc(N)nc(N)n1. The number of hydrogen-bond acceptors (Lipinski definition) is 6. The molecule has 1 aromatic heterocycles. The lowest BCUT2D eigenvalue weighted by Crippen LogP contribution is -2.17. The molecule has 0 aliphatic carbocycles. The number of rotatable bonds is 0. The van der Waals surface area contributed by atoms with E-state index in [9.17, 15) is 4.79 Å². The highest BCUT2D eigenvalue weighted by Gasteiger charge is 1.93. The fraction of sp³-hybridized carbons (Fsp3) is 0.500. The zero-order chi connectivity index (χ0) is 12.0. The molecule has 0 aliphatic rings. The van der Waals surface area contributed by atoms with Gasteiger partial charge < -0.3 is 16.4 Å². The van der Waals surface area contributed by atoms with Crippen molar-refractivity contribution in [3.05, 3.63) is 5.82 Å². The average Bonchev–Trinajstić information content (AvgIpc) is 2.01. The van der Waals surface area contributed by atoms with Crippen LogP contribution in [0.3, 0.4) is 0 Å². The Morgan fingerprint density at radius 3 is 1.67 bits per heavy atom. The van der Waals surface area contributed by atoms with Gasteiger partial charge in [-0.05, 0) is 6.92 Å². The first-order valence-electron chi connectivity index (χ1n) is 4.24. The Bertz CT molecular complexity index is 287. The lowest BCUT2D eigenvalue weighted by molar-refractivity contribution is -0.126. The van der Waals surface area contributed by atoms with E-state index in [0.29, 0.717) is 5.82 Å². The molecule has 1 heterocycles. The zero-order valence-electron chi connectivity index (χ0n) is 9.35. The highest BCUT2D eigenvalue weighted by molar-refractivity contribution is 5.72. The van der Waals surface area contributed by atoms with E-state index in [4.69, 9.17) is 11.5 Å². The maximum atomic E-state index is 10.1. The molecule has 0 bridgehead atoms. The predicted molar refractivity (Wildman–Crippen MR) is 57.8 cm³/mol. The standard InChI is InChI=1S/C4H7N5.C4H9NO/c1-2-7-3(5)9-4(6)8-2;1-4(6)5(2)3/h1H3,(H4,5,6,7,8,9);1-3H3. The van der Waals surface area contributed by atoms with Gasteiger partial charge in [0.15, 0.2) is 0 Å². The minimum absolute atomic E-state index is 0.0926. The molecule has 4 N–H and O–H groups in total.